The van der Waals surface area contributed by atoms with Crippen LogP contribution >= 0.6 is 0 Å². The molecule has 1 aromatic carbocycles. The van der Waals surface area contributed by atoms with Crippen LogP contribution in [0.4, 0.5) is 11.4 Å². The molecule has 23 heavy (non-hydrogen) atoms. The number of carbonyl (C=O) groups is 1. The molecular formula is C13H16N2O8. The molecule has 1 heterocycles. The number of nitrogens with zero attached hydrogens (tertiary/aromatic N) is 1. The smallest absolute Gasteiger partial charge is 0.336 e. The number of nitro groups is 1. The van der Waals surface area contributed by atoms with Crippen molar-refractivity contribution in [2.45, 2.75) is 37.6 Å². The van der Waals surface area contributed by atoms with Gasteiger partial charge in [0.25, 0.3) is 5.69 Å². The number of ether oxygens (including phenoxy) is 1. The van der Waals surface area contributed by atoms with Gasteiger partial charge in [-0.05, 0) is 13.0 Å². The Morgan fingerprint density at radius 3 is 2.43 bits per heavy atom. The van der Waals surface area contributed by atoms with Gasteiger partial charge in [-0.1, -0.05) is 0 Å². The van der Waals surface area contributed by atoms with Gasteiger partial charge in [-0.25, -0.2) is 4.79 Å². The Morgan fingerprint density at radius 1 is 1.22 bits per heavy atom. The van der Waals surface area contributed by atoms with Gasteiger partial charge >= 0.3 is 5.97 Å². The number of carboxylic acids is 1. The fourth-order valence-electron chi connectivity index (χ4n) is 2.26. The van der Waals surface area contributed by atoms with Gasteiger partial charge < -0.3 is 30.5 Å². The first-order chi connectivity index (χ1) is 10.7. The Hall–Kier alpha value is -2.27. The highest BCUT2D eigenvalue weighted by Gasteiger charge is 2.41. The van der Waals surface area contributed by atoms with Crippen LogP contribution in [0.15, 0.2) is 18.2 Å². The van der Waals surface area contributed by atoms with Crippen molar-refractivity contribution in [1.29, 1.82) is 0 Å². The quantitative estimate of drug-likeness (QED) is 0.363. The number of carboxylic acid groups (broad SMARTS) is 1. The summed E-state index contributed by atoms with van der Waals surface area (Å²) in [6.07, 6.45) is -6.25. The lowest BCUT2D eigenvalue weighted by molar-refractivity contribution is -0.384. The second kappa shape index (κ2) is 6.46. The molecule has 0 bridgehead atoms. The second-order valence-corrected chi connectivity index (χ2v) is 5.21. The summed E-state index contributed by atoms with van der Waals surface area (Å²) in [5.74, 6) is -1.36. The van der Waals surface area contributed by atoms with Crippen LogP contribution < -0.4 is 5.32 Å². The average Bonchev–Trinajstić information content (AvgIpc) is 2.50. The molecule has 1 fully saturated rings. The van der Waals surface area contributed by atoms with E-state index in [4.69, 9.17) is 9.84 Å². The van der Waals surface area contributed by atoms with Crippen molar-refractivity contribution in [3.63, 3.8) is 0 Å². The first-order valence-corrected chi connectivity index (χ1v) is 6.69. The van der Waals surface area contributed by atoms with E-state index in [2.05, 4.69) is 5.32 Å². The lowest BCUT2D eigenvalue weighted by atomic mass is 9.99. The molecule has 0 aromatic heterocycles. The average molecular weight is 328 g/mol. The number of aliphatic hydroxyl groups excluding tert-OH is 3. The Labute approximate surface area is 130 Å². The Balaban J connectivity index is 2.28. The van der Waals surface area contributed by atoms with E-state index in [0.717, 1.165) is 18.2 Å². The van der Waals surface area contributed by atoms with Gasteiger partial charge in [-0.15, -0.1) is 0 Å². The third kappa shape index (κ3) is 3.56. The Bertz CT molecular complexity index is 590. The number of rotatable bonds is 4. The van der Waals surface area contributed by atoms with E-state index in [0.29, 0.717) is 0 Å². The van der Waals surface area contributed by atoms with E-state index in [1.807, 2.05) is 0 Å². The monoisotopic (exact) mass is 328 g/mol. The molecule has 1 saturated heterocycles. The third-order valence-electron chi connectivity index (χ3n) is 3.54. The van der Waals surface area contributed by atoms with E-state index >= 15 is 0 Å². The molecule has 0 radical (unpaired) electrons. The number of aromatic carboxylic acids is 1. The minimum atomic E-state index is -1.51. The van der Waals surface area contributed by atoms with Crippen molar-refractivity contribution in [3.05, 3.63) is 33.9 Å². The van der Waals surface area contributed by atoms with Crippen molar-refractivity contribution >= 4 is 17.3 Å². The molecule has 1 aliphatic rings. The first kappa shape index (κ1) is 17.1. The maximum absolute atomic E-state index is 11.0. The van der Waals surface area contributed by atoms with Gasteiger partial charge in [-0.3, -0.25) is 10.1 Å². The lowest BCUT2D eigenvalue weighted by Crippen LogP contribution is -2.58. The number of nitrogens with one attached hydrogen (secondary N) is 1. The summed E-state index contributed by atoms with van der Waals surface area (Å²) in [5, 5.41) is 51.7. The summed E-state index contributed by atoms with van der Waals surface area (Å²) in [4.78, 5) is 21.1. The molecule has 0 spiro atoms. The largest absolute Gasteiger partial charge is 0.478 e. The molecule has 1 aromatic rings. The van der Waals surface area contributed by atoms with Gasteiger partial charge in [0.15, 0.2) is 6.23 Å². The highest BCUT2D eigenvalue weighted by Crippen LogP contribution is 2.26. The van der Waals surface area contributed by atoms with Crippen molar-refractivity contribution < 1.29 is 34.9 Å². The number of anilines is 1. The van der Waals surface area contributed by atoms with Crippen LogP contribution in [-0.4, -0.2) is 62.0 Å². The molecule has 0 unspecified atom stereocenters. The number of hydrogen-bond donors (Lipinski definition) is 5. The van der Waals surface area contributed by atoms with Crippen molar-refractivity contribution in [2.75, 3.05) is 5.32 Å². The predicted molar refractivity (Wildman–Crippen MR) is 76.0 cm³/mol. The summed E-state index contributed by atoms with van der Waals surface area (Å²) in [7, 11) is 0. The van der Waals surface area contributed by atoms with Gasteiger partial charge in [0.05, 0.1) is 16.6 Å². The molecule has 5 N–H and O–H groups in total. The van der Waals surface area contributed by atoms with Crippen LogP contribution in [0.5, 0.6) is 0 Å². The molecule has 0 amide bonds. The maximum atomic E-state index is 11.0. The van der Waals surface area contributed by atoms with Gasteiger partial charge in [0.1, 0.15) is 18.3 Å². The summed E-state index contributed by atoms with van der Waals surface area (Å²) < 4.78 is 5.30. The number of nitro benzene ring substituents is 1. The molecule has 2 rings (SSSR count). The van der Waals surface area contributed by atoms with Crippen LogP contribution in [0, 0.1) is 10.1 Å². The summed E-state index contributed by atoms with van der Waals surface area (Å²) in [6.45, 7) is 1.48. The molecule has 10 nitrogen and oxygen atoms in total. The SMILES string of the molecule is C[C@@H]1O[C@H](Nc2cc(C(=O)O)cc([N+](=O)[O-])c2)[C@H](O)[C@H](O)[C@H]1O. The minimum Gasteiger partial charge on any atom is -0.478 e. The number of non-ortho nitro benzene ring substituents is 1. The Morgan fingerprint density at radius 2 is 1.87 bits per heavy atom. The van der Waals surface area contributed by atoms with E-state index in [-0.39, 0.29) is 11.3 Å². The van der Waals surface area contributed by atoms with E-state index < -0.39 is 47.2 Å². The number of hydrogen-bond acceptors (Lipinski definition) is 8. The molecule has 0 aliphatic carbocycles. The van der Waals surface area contributed by atoms with Crippen LogP contribution in [0.2, 0.25) is 0 Å². The fraction of sp³-hybridized carbons (Fsp3) is 0.462. The second-order valence-electron chi connectivity index (χ2n) is 5.21. The van der Waals surface area contributed by atoms with Crippen LogP contribution in [-0.2, 0) is 4.74 Å². The topological polar surface area (TPSA) is 162 Å². The zero-order valence-corrected chi connectivity index (χ0v) is 12.0. The maximum Gasteiger partial charge on any atom is 0.336 e. The van der Waals surface area contributed by atoms with Crippen LogP contribution in [0.25, 0.3) is 0 Å². The van der Waals surface area contributed by atoms with Crippen molar-refractivity contribution in [2.24, 2.45) is 0 Å². The molecule has 0 saturated carbocycles. The number of aliphatic hydroxyl groups is 3. The third-order valence-corrected chi connectivity index (χ3v) is 3.54. The van der Waals surface area contributed by atoms with E-state index in [1.165, 1.54) is 6.92 Å². The summed E-state index contributed by atoms with van der Waals surface area (Å²) >= 11 is 0. The highest BCUT2D eigenvalue weighted by molar-refractivity contribution is 5.90. The molecule has 5 atom stereocenters. The van der Waals surface area contributed by atoms with Gasteiger partial charge in [0, 0.05) is 17.8 Å². The Kier molecular flexibility index (Phi) is 4.80. The zero-order valence-electron chi connectivity index (χ0n) is 12.0. The summed E-state index contributed by atoms with van der Waals surface area (Å²) in [6, 6.07) is 3.10. The van der Waals surface area contributed by atoms with Gasteiger partial charge in [0.2, 0.25) is 0 Å². The predicted octanol–water partition coefficient (Wildman–Crippen LogP) is -0.468. The minimum absolute atomic E-state index is 0.0245. The zero-order chi connectivity index (χ0) is 17.3. The molecule has 10 heteroatoms. The molecule has 1 aliphatic heterocycles. The van der Waals surface area contributed by atoms with Crippen molar-refractivity contribution in [1.82, 2.24) is 0 Å². The first-order valence-electron chi connectivity index (χ1n) is 6.69. The lowest BCUT2D eigenvalue weighted by Gasteiger charge is -2.39. The van der Waals surface area contributed by atoms with Crippen LogP contribution in [0.1, 0.15) is 17.3 Å². The fourth-order valence-corrected chi connectivity index (χ4v) is 2.26. The van der Waals surface area contributed by atoms with Crippen LogP contribution in [0.3, 0.4) is 0 Å². The van der Waals surface area contributed by atoms with Crippen molar-refractivity contribution in [3.8, 4) is 0 Å². The molecular weight excluding hydrogens is 312 g/mol. The van der Waals surface area contributed by atoms with E-state index in [9.17, 15) is 30.2 Å². The summed E-state index contributed by atoms with van der Waals surface area (Å²) in [5.41, 5.74) is -0.747. The standard InChI is InChI=1S/C13H16N2O8/c1-5-9(16)10(17)11(18)12(23-5)14-7-2-6(13(19)20)3-8(4-7)15(21)22/h2-5,9-12,14,16-18H,1H3,(H,19,20)/t5-,9-,10+,11+,12-/m0/s1. The normalized spacial score (nSPS) is 30.7. The highest BCUT2D eigenvalue weighted by atomic mass is 16.6. The van der Waals surface area contributed by atoms with Gasteiger partial charge in [-0.2, -0.15) is 0 Å². The molecule has 126 valence electrons. The number of benzene rings is 1. The van der Waals surface area contributed by atoms with E-state index in [1.54, 1.807) is 0 Å².